The molecule has 1 atom stereocenters. The van der Waals surface area contributed by atoms with Crippen LogP contribution in [-0.2, 0) is 0 Å². The SMILES string of the molecule is CNC(C)c1ccc(OC/C(Cl)=C/Cl)c(C)c1. The maximum Gasteiger partial charge on any atom is 0.125 e. The van der Waals surface area contributed by atoms with Crippen molar-refractivity contribution in [2.75, 3.05) is 13.7 Å². The molecule has 0 aliphatic rings. The summed E-state index contributed by atoms with van der Waals surface area (Å²) >= 11 is 11.2. The molecular formula is C13H17Cl2NO. The Morgan fingerprint density at radius 1 is 1.53 bits per heavy atom. The Morgan fingerprint density at radius 3 is 2.76 bits per heavy atom. The third kappa shape index (κ3) is 4.23. The van der Waals surface area contributed by atoms with Crippen LogP contribution in [0.25, 0.3) is 0 Å². The number of rotatable bonds is 5. The lowest BCUT2D eigenvalue weighted by molar-refractivity contribution is 0.356. The highest BCUT2D eigenvalue weighted by atomic mass is 35.5. The first-order chi connectivity index (χ1) is 8.08. The Bertz CT molecular complexity index is 404. The summed E-state index contributed by atoms with van der Waals surface area (Å²) in [4.78, 5) is 0. The third-order valence-corrected chi connectivity index (χ3v) is 3.21. The van der Waals surface area contributed by atoms with Crippen LogP contribution in [0.1, 0.15) is 24.1 Å². The van der Waals surface area contributed by atoms with Gasteiger partial charge in [0.15, 0.2) is 0 Å². The van der Waals surface area contributed by atoms with Gasteiger partial charge in [-0.05, 0) is 38.1 Å². The van der Waals surface area contributed by atoms with Crippen LogP contribution < -0.4 is 10.1 Å². The molecule has 17 heavy (non-hydrogen) atoms. The van der Waals surface area contributed by atoms with Crippen LogP contribution in [-0.4, -0.2) is 13.7 Å². The Morgan fingerprint density at radius 2 is 2.24 bits per heavy atom. The summed E-state index contributed by atoms with van der Waals surface area (Å²) in [7, 11) is 1.94. The van der Waals surface area contributed by atoms with Crippen molar-refractivity contribution in [1.82, 2.24) is 5.32 Å². The third-order valence-electron chi connectivity index (χ3n) is 2.62. The number of aryl methyl sites for hydroxylation is 1. The number of nitrogens with one attached hydrogen (secondary N) is 1. The van der Waals surface area contributed by atoms with Gasteiger partial charge in [0, 0.05) is 11.6 Å². The summed E-state index contributed by atoms with van der Waals surface area (Å²) in [6.45, 7) is 4.43. The first-order valence-corrected chi connectivity index (χ1v) is 6.25. The minimum atomic E-state index is 0.298. The standard InChI is InChI=1S/C13H17Cl2NO/c1-9-6-11(10(2)16-3)4-5-13(9)17-8-12(15)7-14/h4-7,10,16H,8H2,1-3H3/b12-7-. The van der Waals surface area contributed by atoms with E-state index in [0.29, 0.717) is 17.7 Å². The van der Waals surface area contributed by atoms with E-state index in [0.717, 1.165) is 11.3 Å². The minimum Gasteiger partial charge on any atom is -0.488 e. The van der Waals surface area contributed by atoms with E-state index in [1.54, 1.807) is 0 Å². The van der Waals surface area contributed by atoms with Gasteiger partial charge in [0.25, 0.3) is 0 Å². The molecular weight excluding hydrogens is 257 g/mol. The molecule has 0 heterocycles. The van der Waals surface area contributed by atoms with Gasteiger partial charge in [-0.2, -0.15) is 0 Å². The average molecular weight is 274 g/mol. The molecule has 0 aliphatic heterocycles. The highest BCUT2D eigenvalue weighted by Gasteiger charge is 2.06. The summed E-state index contributed by atoms with van der Waals surface area (Å²) in [5.74, 6) is 0.828. The predicted molar refractivity (Wildman–Crippen MR) is 73.9 cm³/mol. The molecule has 1 aromatic carbocycles. The van der Waals surface area contributed by atoms with Crippen molar-refractivity contribution in [1.29, 1.82) is 0 Å². The summed E-state index contributed by atoms with van der Waals surface area (Å²) in [5, 5.41) is 3.68. The van der Waals surface area contributed by atoms with Crippen molar-refractivity contribution in [3.05, 3.63) is 39.9 Å². The zero-order valence-corrected chi connectivity index (χ0v) is 11.8. The van der Waals surface area contributed by atoms with E-state index in [9.17, 15) is 0 Å². The molecule has 1 rings (SSSR count). The Hall–Kier alpha value is -0.700. The van der Waals surface area contributed by atoms with E-state index in [1.165, 1.54) is 11.1 Å². The van der Waals surface area contributed by atoms with Gasteiger partial charge >= 0.3 is 0 Å². The zero-order valence-electron chi connectivity index (χ0n) is 10.3. The van der Waals surface area contributed by atoms with Gasteiger partial charge in [-0.25, -0.2) is 0 Å². The second-order valence-electron chi connectivity index (χ2n) is 3.88. The fraction of sp³-hybridized carbons (Fsp3) is 0.385. The Kier molecular flexibility index (Phi) is 5.83. The number of ether oxygens (including phenoxy) is 1. The number of benzene rings is 1. The van der Waals surface area contributed by atoms with Gasteiger partial charge in [-0.3, -0.25) is 0 Å². The van der Waals surface area contributed by atoms with Crippen LogP contribution in [0.3, 0.4) is 0 Å². The molecule has 94 valence electrons. The van der Waals surface area contributed by atoms with Crippen molar-refractivity contribution >= 4 is 23.2 Å². The lowest BCUT2D eigenvalue weighted by Gasteiger charge is -2.14. The molecule has 0 radical (unpaired) electrons. The largest absolute Gasteiger partial charge is 0.488 e. The highest BCUT2D eigenvalue weighted by molar-refractivity contribution is 6.36. The lowest BCUT2D eigenvalue weighted by Crippen LogP contribution is -2.12. The maximum atomic E-state index is 5.77. The van der Waals surface area contributed by atoms with Crippen molar-refractivity contribution < 1.29 is 4.74 Å². The van der Waals surface area contributed by atoms with Gasteiger partial charge in [0.2, 0.25) is 0 Å². The molecule has 0 bridgehead atoms. The van der Waals surface area contributed by atoms with Gasteiger partial charge in [-0.15, -0.1) is 0 Å². The first-order valence-electron chi connectivity index (χ1n) is 5.43. The molecule has 0 fully saturated rings. The predicted octanol–water partition coefficient (Wildman–Crippen LogP) is 3.97. The summed E-state index contributed by atoms with van der Waals surface area (Å²) in [6, 6.07) is 6.43. The fourth-order valence-corrected chi connectivity index (χ4v) is 1.57. The number of halogens is 2. The molecule has 0 saturated heterocycles. The molecule has 0 spiro atoms. The lowest BCUT2D eigenvalue weighted by atomic mass is 10.1. The van der Waals surface area contributed by atoms with Crippen LogP contribution in [0.5, 0.6) is 5.75 Å². The van der Waals surface area contributed by atoms with E-state index in [2.05, 4.69) is 18.3 Å². The summed E-state index contributed by atoms with van der Waals surface area (Å²) < 4.78 is 5.55. The molecule has 0 aromatic heterocycles. The molecule has 1 aromatic rings. The second kappa shape index (κ2) is 6.90. The minimum absolute atomic E-state index is 0.298. The van der Waals surface area contributed by atoms with E-state index in [1.807, 2.05) is 26.1 Å². The molecule has 1 N–H and O–H groups in total. The normalized spacial score (nSPS) is 13.6. The topological polar surface area (TPSA) is 21.3 Å². The van der Waals surface area contributed by atoms with Gasteiger partial charge in [-0.1, -0.05) is 35.3 Å². The smallest absolute Gasteiger partial charge is 0.125 e. The molecule has 0 amide bonds. The van der Waals surface area contributed by atoms with Crippen LogP contribution in [0.2, 0.25) is 0 Å². The van der Waals surface area contributed by atoms with Gasteiger partial charge in [0.05, 0.1) is 5.03 Å². The highest BCUT2D eigenvalue weighted by Crippen LogP contribution is 2.23. The summed E-state index contributed by atoms with van der Waals surface area (Å²) in [5.41, 5.74) is 3.63. The summed E-state index contributed by atoms with van der Waals surface area (Å²) in [6.07, 6.45) is 0. The molecule has 2 nitrogen and oxygen atoms in total. The van der Waals surface area contributed by atoms with Crippen LogP contribution >= 0.6 is 23.2 Å². The monoisotopic (exact) mass is 273 g/mol. The quantitative estimate of drug-likeness (QED) is 0.877. The maximum absolute atomic E-state index is 5.77. The van der Waals surface area contributed by atoms with Crippen molar-refractivity contribution in [2.45, 2.75) is 19.9 Å². The average Bonchev–Trinajstić information content (AvgIpc) is 2.35. The van der Waals surface area contributed by atoms with E-state index < -0.39 is 0 Å². The van der Waals surface area contributed by atoms with Gasteiger partial charge < -0.3 is 10.1 Å². The van der Waals surface area contributed by atoms with E-state index in [-0.39, 0.29) is 0 Å². The number of hydrogen-bond donors (Lipinski definition) is 1. The van der Waals surface area contributed by atoms with Crippen molar-refractivity contribution in [2.24, 2.45) is 0 Å². The fourth-order valence-electron chi connectivity index (χ4n) is 1.45. The van der Waals surface area contributed by atoms with E-state index in [4.69, 9.17) is 27.9 Å². The molecule has 1 unspecified atom stereocenters. The van der Waals surface area contributed by atoms with Gasteiger partial charge in [0.1, 0.15) is 12.4 Å². The first kappa shape index (κ1) is 14.4. The van der Waals surface area contributed by atoms with E-state index >= 15 is 0 Å². The zero-order chi connectivity index (χ0) is 12.8. The molecule has 0 saturated carbocycles. The van der Waals surface area contributed by atoms with Crippen molar-refractivity contribution in [3.8, 4) is 5.75 Å². The second-order valence-corrected chi connectivity index (χ2v) is 4.58. The van der Waals surface area contributed by atoms with Crippen LogP contribution in [0.15, 0.2) is 28.8 Å². The Labute approximate surface area is 113 Å². The van der Waals surface area contributed by atoms with Crippen LogP contribution in [0, 0.1) is 6.92 Å². The number of hydrogen-bond acceptors (Lipinski definition) is 2. The van der Waals surface area contributed by atoms with Crippen molar-refractivity contribution in [3.63, 3.8) is 0 Å². The molecule has 4 heteroatoms. The van der Waals surface area contributed by atoms with Crippen LogP contribution in [0.4, 0.5) is 0 Å². The molecule has 0 aliphatic carbocycles. The Balaban J connectivity index is 2.76.